The highest BCUT2D eigenvalue weighted by molar-refractivity contribution is 6.31. The van der Waals surface area contributed by atoms with E-state index in [-0.39, 0.29) is 36.2 Å². The molecule has 1 unspecified atom stereocenters. The Labute approximate surface area is 221 Å². The Morgan fingerprint density at radius 2 is 1.86 bits per heavy atom. The van der Waals surface area contributed by atoms with Crippen LogP contribution in [0.15, 0.2) is 48.5 Å². The van der Waals surface area contributed by atoms with Gasteiger partial charge in [-0.15, -0.1) is 0 Å². The third-order valence-corrected chi connectivity index (χ3v) is 7.20. The summed E-state index contributed by atoms with van der Waals surface area (Å²) >= 11 is 6.00. The lowest BCUT2D eigenvalue weighted by Crippen LogP contribution is -2.30. The quantitative estimate of drug-likeness (QED) is 0.292. The molecule has 4 rings (SSSR count). The van der Waals surface area contributed by atoms with Crippen molar-refractivity contribution in [2.24, 2.45) is 5.92 Å². The third kappa shape index (κ3) is 5.95. The van der Waals surface area contributed by atoms with Crippen molar-refractivity contribution in [3.63, 3.8) is 0 Å². The van der Waals surface area contributed by atoms with Gasteiger partial charge in [-0.25, -0.2) is 9.37 Å². The Morgan fingerprint density at radius 1 is 1.11 bits per heavy atom. The molecule has 2 N–H and O–H groups in total. The van der Waals surface area contributed by atoms with Gasteiger partial charge in [0.1, 0.15) is 28.6 Å². The minimum atomic E-state index is -1.30. The molecule has 1 aromatic heterocycles. The number of aryl methyl sites for hydroxylation is 1. The number of methoxy groups -OCH3 is 2. The van der Waals surface area contributed by atoms with Crippen LogP contribution in [0.3, 0.4) is 0 Å². The van der Waals surface area contributed by atoms with E-state index < -0.39 is 11.4 Å². The number of pyridine rings is 1. The molecule has 1 saturated carbocycles. The van der Waals surface area contributed by atoms with Crippen LogP contribution in [-0.4, -0.2) is 41.8 Å². The average Bonchev–Trinajstić information content (AvgIpc) is 3.77. The Hall–Kier alpha value is -3.00. The van der Waals surface area contributed by atoms with Crippen molar-refractivity contribution in [3.05, 3.63) is 76.2 Å². The maximum Gasteiger partial charge on any atom is 0.163 e. The van der Waals surface area contributed by atoms with E-state index in [0.717, 1.165) is 18.4 Å². The highest BCUT2D eigenvalue weighted by Gasteiger charge is 2.46. The second-order valence-electron chi connectivity index (χ2n) is 9.35. The third-order valence-electron chi connectivity index (χ3n) is 6.91. The fourth-order valence-corrected chi connectivity index (χ4v) is 4.83. The van der Waals surface area contributed by atoms with Crippen molar-refractivity contribution in [1.82, 2.24) is 4.98 Å². The fraction of sp³-hybridized carbons (Fsp3) is 0.379. The molecule has 3 aromatic rings. The van der Waals surface area contributed by atoms with E-state index in [0.29, 0.717) is 46.9 Å². The molecule has 0 saturated heterocycles. The van der Waals surface area contributed by atoms with Gasteiger partial charge >= 0.3 is 0 Å². The van der Waals surface area contributed by atoms with Gasteiger partial charge in [-0.2, -0.15) is 0 Å². The monoisotopic (exact) mass is 527 g/mol. The number of carbonyl (C=O) groups excluding carboxylic acids is 1. The number of aliphatic hydroxyl groups is 2. The van der Waals surface area contributed by atoms with E-state index in [2.05, 4.69) is 0 Å². The zero-order valence-corrected chi connectivity index (χ0v) is 21.7. The number of benzene rings is 2. The van der Waals surface area contributed by atoms with Crippen LogP contribution in [0, 0.1) is 11.7 Å². The fourth-order valence-electron chi connectivity index (χ4n) is 4.65. The first-order valence-electron chi connectivity index (χ1n) is 12.3. The number of ether oxygens (including phenoxy) is 2. The smallest absolute Gasteiger partial charge is 0.163 e. The number of halogens is 2. The summed E-state index contributed by atoms with van der Waals surface area (Å²) in [6, 6.07) is 13.1. The standard InChI is InChI=1S/C29H31ClFNO5/c1-36-25-11-12-27(32-28(25)20-7-10-23(31)22(30)16-20)29(35,21-8-9-21)14-13-24(34)19-6-5-18(4-3-15-33)26(17-19)37-2/h5-7,10-12,16-17,21,33,35H,3-4,8-9,13-15H2,1-2H3. The van der Waals surface area contributed by atoms with Crippen LogP contribution in [0.1, 0.15) is 53.7 Å². The molecule has 0 bridgehead atoms. The molecule has 0 spiro atoms. The predicted molar refractivity (Wildman–Crippen MR) is 140 cm³/mol. The Morgan fingerprint density at radius 3 is 2.51 bits per heavy atom. The molecule has 37 heavy (non-hydrogen) atoms. The van der Waals surface area contributed by atoms with Crippen LogP contribution >= 0.6 is 11.6 Å². The largest absolute Gasteiger partial charge is 0.496 e. The Balaban J connectivity index is 1.59. The van der Waals surface area contributed by atoms with E-state index in [4.69, 9.17) is 31.2 Å². The molecular formula is C29H31ClFNO5. The van der Waals surface area contributed by atoms with Crippen molar-refractivity contribution < 1.29 is 28.9 Å². The number of aromatic nitrogens is 1. The average molecular weight is 528 g/mol. The maximum atomic E-state index is 13.7. The van der Waals surface area contributed by atoms with Crippen molar-refractivity contribution in [1.29, 1.82) is 0 Å². The van der Waals surface area contributed by atoms with Crippen molar-refractivity contribution >= 4 is 17.4 Å². The molecule has 1 aliphatic carbocycles. The topological polar surface area (TPSA) is 88.9 Å². The molecule has 1 fully saturated rings. The number of aliphatic hydroxyl groups excluding tert-OH is 1. The Bertz CT molecular complexity index is 1280. The molecular weight excluding hydrogens is 497 g/mol. The van der Waals surface area contributed by atoms with Crippen LogP contribution in [0.2, 0.25) is 5.02 Å². The summed E-state index contributed by atoms with van der Waals surface area (Å²) in [5.74, 6) is 0.420. The molecule has 0 radical (unpaired) electrons. The van der Waals surface area contributed by atoms with Gasteiger partial charge in [0.2, 0.25) is 0 Å². The first kappa shape index (κ1) is 27.0. The van der Waals surface area contributed by atoms with Crippen LogP contribution in [-0.2, 0) is 12.0 Å². The van der Waals surface area contributed by atoms with Gasteiger partial charge in [-0.3, -0.25) is 4.79 Å². The van der Waals surface area contributed by atoms with Gasteiger partial charge in [0.05, 0.1) is 24.9 Å². The van der Waals surface area contributed by atoms with Gasteiger partial charge < -0.3 is 19.7 Å². The van der Waals surface area contributed by atoms with Crippen LogP contribution in [0.4, 0.5) is 4.39 Å². The molecule has 1 atom stereocenters. The van der Waals surface area contributed by atoms with E-state index >= 15 is 0 Å². The van der Waals surface area contributed by atoms with Crippen molar-refractivity contribution in [3.8, 4) is 22.8 Å². The lowest BCUT2D eigenvalue weighted by molar-refractivity contribution is -0.00110. The number of carbonyl (C=O) groups is 1. The van der Waals surface area contributed by atoms with E-state index in [1.807, 2.05) is 6.07 Å². The number of nitrogens with zero attached hydrogens (tertiary/aromatic N) is 1. The number of Topliss-reactive ketones (excluding diaryl/α,β-unsaturated/α-hetero) is 1. The lowest BCUT2D eigenvalue weighted by atomic mass is 9.86. The summed E-state index contributed by atoms with van der Waals surface area (Å²) in [6.45, 7) is 0.0822. The van der Waals surface area contributed by atoms with Gasteiger partial charge in [0.15, 0.2) is 5.78 Å². The second-order valence-corrected chi connectivity index (χ2v) is 9.76. The summed E-state index contributed by atoms with van der Waals surface area (Å²) in [4.78, 5) is 17.8. The number of ketones is 1. The molecule has 8 heteroatoms. The first-order chi connectivity index (χ1) is 17.8. The van der Waals surface area contributed by atoms with Crippen molar-refractivity contribution in [2.75, 3.05) is 20.8 Å². The number of hydrogen-bond donors (Lipinski definition) is 2. The summed E-state index contributed by atoms with van der Waals surface area (Å²) in [6.07, 6.45) is 3.26. The number of rotatable bonds is 12. The van der Waals surface area contributed by atoms with Gasteiger partial charge in [0, 0.05) is 24.2 Å². The molecule has 1 heterocycles. The lowest BCUT2D eigenvalue weighted by Gasteiger charge is -2.28. The van der Waals surface area contributed by atoms with Crippen LogP contribution in [0.25, 0.3) is 11.3 Å². The summed E-state index contributed by atoms with van der Waals surface area (Å²) < 4.78 is 24.7. The van der Waals surface area contributed by atoms with Crippen LogP contribution < -0.4 is 9.47 Å². The predicted octanol–water partition coefficient (Wildman–Crippen LogP) is 5.74. The van der Waals surface area contributed by atoms with Gasteiger partial charge in [-0.05, 0) is 80.0 Å². The van der Waals surface area contributed by atoms with Gasteiger partial charge in [-0.1, -0.05) is 23.7 Å². The summed E-state index contributed by atoms with van der Waals surface area (Å²) in [7, 11) is 3.07. The molecule has 6 nitrogen and oxygen atoms in total. The van der Waals surface area contributed by atoms with Gasteiger partial charge in [0.25, 0.3) is 0 Å². The molecule has 0 amide bonds. The zero-order chi connectivity index (χ0) is 26.6. The van der Waals surface area contributed by atoms with E-state index in [1.54, 1.807) is 37.4 Å². The first-order valence-corrected chi connectivity index (χ1v) is 12.7. The van der Waals surface area contributed by atoms with E-state index in [1.165, 1.54) is 19.2 Å². The second kappa shape index (κ2) is 11.6. The Kier molecular flexibility index (Phi) is 8.47. The zero-order valence-electron chi connectivity index (χ0n) is 21.0. The van der Waals surface area contributed by atoms with Crippen LogP contribution in [0.5, 0.6) is 11.5 Å². The SMILES string of the molecule is COc1cc(C(=O)CCC(O)(c2ccc(OC)c(-c3ccc(F)c(Cl)c3)n2)C2CC2)ccc1CCCO. The minimum absolute atomic E-state index is 0.0127. The minimum Gasteiger partial charge on any atom is -0.496 e. The molecule has 0 aliphatic heterocycles. The molecule has 196 valence electrons. The highest BCUT2D eigenvalue weighted by atomic mass is 35.5. The maximum absolute atomic E-state index is 13.7. The summed E-state index contributed by atoms with van der Waals surface area (Å²) in [5.41, 5.74) is 1.58. The molecule has 1 aliphatic rings. The normalized spacial score (nSPS) is 14.8. The van der Waals surface area contributed by atoms with E-state index in [9.17, 15) is 14.3 Å². The highest BCUT2D eigenvalue weighted by Crippen LogP contribution is 2.49. The summed E-state index contributed by atoms with van der Waals surface area (Å²) in [5, 5.41) is 20.9. The molecule has 2 aromatic carbocycles. The number of hydrogen-bond acceptors (Lipinski definition) is 6. The van der Waals surface area contributed by atoms with Crippen molar-refractivity contribution in [2.45, 2.75) is 44.1 Å².